The number of anilines is 2. The zero-order valence-corrected chi connectivity index (χ0v) is 18.9. The number of aromatic nitrogens is 2. The summed E-state index contributed by atoms with van der Waals surface area (Å²) in [6, 6.07) is 15.8. The average Bonchev–Trinajstić information content (AvgIpc) is 2.80. The quantitative estimate of drug-likeness (QED) is 0.509. The second-order valence-corrected chi connectivity index (χ2v) is 7.22. The Morgan fingerprint density at radius 1 is 1.00 bits per heavy atom. The van der Waals surface area contributed by atoms with Gasteiger partial charge in [0.25, 0.3) is 5.91 Å². The number of benzene rings is 2. The van der Waals surface area contributed by atoms with Gasteiger partial charge in [0, 0.05) is 37.1 Å². The highest BCUT2D eigenvalue weighted by molar-refractivity contribution is 5.99. The van der Waals surface area contributed by atoms with Gasteiger partial charge in [-0.3, -0.25) is 4.79 Å². The van der Waals surface area contributed by atoms with Gasteiger partial charge in [0.2, 0.25) is 0 Å². The van der Waals surface area contributed by atoms with Crippen LogP contribution in [0.4, 0.5) is 11.5 Å². The maximum Gasteiger partial charge on any atom is 0.259 e. The topological polar surface area (TPSA) is 58.6 Å². The zero-order valence-electron chi connectivity index (χ0n) is 18.9. The van der Waals surface area contributed by atoms with E-state index in [1.54, 1.807) is 18.2 Å². The van der Waals surface area contributed by atoms with Crippen molar-refractivity contribution in [1.29, 1.82) is 0 Å². The summed E-state index contributed by atoms with van der Waals surface area (Å²) in [6.07, 6.45) is 1.65. The van der Waals surface area contributed by atoms with E-state index in [0.29, 0.717) is 36.8 Å². The fourth-order valence-electron chi connectivity index (χ4n) is 3.54. The van der Waals surface area contributed by atoms with Crippen LogP contribution in [0.5, 0.6) is 5.75 Å². The molecule has 162 valence electrons. The van der Waals surface area contributed by atoms with Crippen LogP contribution in [0.3, 0.4) is 0 Å². The van der Waals surface area contributed by atoms with Crippen molar-refractivity contribution in [2.45, 2.75) is 27.7 Å². The lowest BCUT2D eigenvalue weighted by atomic mass is 10.1. The van der Waals surface area contributed by atoms with Crippen molar-refractivity contribution in [3.8, 4) is 17.1 Å². The lowest BCUT2D eigenvalue weighted by molar-refractivity contribution is 0.0773. The molecular formula is C25H30N4O2. The molecule has 0 atom stereocenters. The van der Waals surface area contributed by atoms with Crippen LogP contribution in [-0.2, 0) is 0 Å². The second-order valence-electron chi connectivity index (χ2n) is 7.22. The van der Waals surface area contributed by atoms with Gasteiger partial charge >= 0.3 is 0 Å². The molecule has 3 rings (SSSR count). The average molecular weight is 419 g/mol. The second kappa shape index (κ2) is 10.1. The molecule has 0 spiro atoms. The van der Waals surface area contributed by atoms with Crippen molar-refractivity contribution in [2.24, 2.45) is 0 Å². The number of nitrogens with zero attached hydrogens (tertiary/aromatic N) is 4. The van der Waals surface area contributed by atoms with E-state index >= 15 is 0 Å². The summed E-state index contributed by atoms with van der Waals surface area (Å²) < 4.78 is 5.26. The minimum absolute atomic E-state index is 0.0626. The van der Waals surface area contributed by atoms with Gasteiger partial charge in [0.15, 0.2) is 5.82 Å². The first-order valence-corrected chi connectivity index (χ1v) is 10.7. The summed E-state index contributed by atoms with van der Waals surface area (Å²) in [5, 5.41) is 0. The van der Waals surface area contributed by atoms with E-state index < -0.39 is 0 Å². The fourth-order valence-corrected chi connectivity index (χ4v) is 3.54. The number of hydrogen-bond acceptors (Lipinski definition) is 5. The summed E-state index contributed by atoms with van der Waals surface area (Å²) in [5.74, 6) is 1.89. The first kappa shape index (κ1) is 22.3. The van der Waals surface area contributed by atoms with E-state index in [4.69, 9.17) is 9.72 Å². The van der Waals surface area contributed by atoms with E-state index in [2.05, 4.69) is 35.9 Å². The third kappa shape index (κ3) is 4.85. The van der Waals surface area contributed by atoms with Crippen LogP contribution in [0.15, 0.2) is 54.7 Å². The first-order valence-electron chi connectivity index (χ1n) is 10.7. The van der Waals surface area contributed by atoms with Gasteiger partial charge < -0.3 is 14.5 Å². The maximum atomic E-state index is 13.3. The van der Waals surface area contributed by atoms with Crippen LogP contribution in [-0.4, -0.2) is 47.5 Å². The third-order valence-corrected chi connectivity index (χ3v) is 5.28. The number of methoxy groups -OCH3 is 1. The van der Waals surface area contributed by atoms with Crippen LogP contribution in [0.25, 0.3) is 11.4 Å². The Bertz CT molecular complexity index is 1030. The smallest absolute Gasteiger partial charge is 0.259 e. The van der Waals surface area contributed by atoms with E-state index in [-0.39, 0.29) is 5.91 Å². The molecular weight excluding hydrogens is 388 g/mol. The van der Waals surface area contributed by atoms with E-state index in [9.17, 15) is 4.79 Å². The van der Waals surface area contributed by atoms with Gasteiger partial charge in [-0.25, -0.2) is 9.97 Å². The van der Waals surface area contributed by atoms with E-state index in [1.165, 1.54) is 0 Å². The van der Waals surface area contributed by atoms with Gasteiger partial charge in [0.05, 0.1) is 7.11 Å². The molecule has 3 aromatic rings. The molecule has 1 aromatic heterocycles. The number of aryl methyl sites for hydroxylation is 1. The lowest BCUT2D eigenvalue weighted by Crippen LogP contribution is -2.32. The number of hydrogen-bond donors (Lipinski definition) is 0. The molecule has 2 aromatic carbocycles. The molecule has 1 heterocycles. The highest BCUT2D eigenvalue weighted by Gasteiger charge is 2.23. The van der Waals surface area contributed by atoms with E-state index in [0.717, 1.165) is 22.6 Å². The molecule has 1 amide bonds. The van der Waals surface area contributed by atoms with Crippen LogP contribution < -0.4 is 9.64 Å². The molecule has 0 aliphatic rings. The highest BCUT2D eigenvalue weighted by Crippen LogP contribution is 2.30. The van der Waals surface area contributed by atoms with Gasteiger partial charge in [-0.2, -0.15) is 0 Å². The Morgan fingerprint density at radius 3 is 2.29 bits per heavy atom. The predicted molar refractivity (Wildman–Crippen MR) is 125 cm³/mol. The molecule has 6 heteroatoms. The van der Waals surface area contributed by atoms with Crippen molar-refractivity contribution in [3.63, 3.8) is 0 Å². The normalized spacial score (nSPS) is 10.6. The van der Waals surface area contributed by atoms with Crippen LogP contribution in [0.2, 0.25) is 0 Å². The number of carbonyl (C=O) groups is 1. The van der Waals surface area contributed by atoms with Crippen LogP contribution in [0.1, 0.15) is 36.7 Å². The Labute approximate surface area is 184 Å². The Hall–Kier alpha value is -3.41. The number of ether oxygens (including phenoxy) is 1. The van der Waals surface area contributed by atoms with Crippen molar-refractivity contribution in [1.82, 2.24) is 14.9 Å². The Balaban J connectivity index is 2.15. The summed E-state index contributed by atoms with van der Waals surface area (Å²) in [4.78, 5) is 26.6. The lowest BCUT2D eigenvalue weighted by Gasteiger charge is -2.27. The molecule has 31 heavy (non-hydrogen) atoms. The minimum atomic E-state index is -0.0626. The van der Waals surface area contributed by atoms with Crippen LogP contribution in [0, 0.1) is 6.92 Å². The van der Waals surface area contributed by atoms with Gasteiger partial charge in [0.1, 0.15) is 17.1 Å². The fraction of sp³-hybridized carbons (Fsp3) is 0.320. The molecule has 0 aliphatic carbocycles. The molecule has 0 fully saturated rings. The summed E-state index contributed by atoms with van der Waals surface area (Å²) >= 11 is 0. The van der Waals surface area contributed by atoms with Gasteiger partial charge in [-0.1, -0.05) is 12.1 Å². The third-order valence-electron chi connectivity index (χ3n) is 5.28. The molecule has 0 unspecified atom stereocenters. The minimum Gasteiger partial charge on any atom is -0.497 e. The van der Waals surface area contributed by atoms with Crippen molar-refractivity contribution >= 4 is 17.4 Å². The molecule has 6 nitrogen and oxygen atoms in total. The van der Waals surface area contributed by atoms with Crippen molar-refractivity contribution in [3.05, 3.63) is 65.9 Å². The predicted octanol–water partition coefficient (Wildman–Crippen LogP) is 5.10. The summed E-state index contributed by atoms with van der Waals surface area (Å²) in [5.41, 5.74) is 3.51. The standard InChI is InChI=1S/C25H30N4O2/c1-6-28(7-2)25(30)22-17-26-23(19-12-14-21(31-5)15-13-19)27-24(22)29(8-3)20-11-9-10-18(4)16-20/h9-17H,6-8H2,1-5H3. The van der Waals surface area contributed by atoms with Gasteiger partial charge in [-0.05, 0) is 69.7 Å². The summed E-state index contributed by atoms with van der Waals surface area (Å²) in [7, 11) is 1.64. The number of amides is 1. The maximum absolute atomic E-state index is 13.3. The SMILES string of the molecule is CCN(CC)C(=O)c1cnc(-c2ccc(OC)cc2)nc1N(CC)c1cccc(C)c1. The Kier molecular flexibility index (Phi) is 7.23. The highest BCUT2D eigenvalue weighted by atomic mass is 16.5. The molecule has 0 radical (unpaired) electrons. The molecule has 0 aliphatic heterocycles. The summed E-state index contributed by atoms with van der Waals surface area (Å²) in [6.45, 7) is 10.0. The Morgan fingerprint density at radius 2 is 1.71 bits per heavy atom. The van der Waals surface area contributed by atoms with Gasteiger partial charge in [-0.15, -0.1) is 0 Å². The number of carbonyl (C=O) groups excluding carboxylic acids is 1. The van der Waals surface area contributed by atoms with Crippen LogP contribution >= 0.6 is 0 Å². The molecule has 0 saturated carbocycles. The first-order chi connectivity index (χ1) is 15.0. The molecule has 0 saturated heterocycles. The number of rotatable bonds is 8. The van der Waals surface area contributed by atoms with Crippen molar-refractivity contribution in [2.75, 3.05) is 31.6 Å². The largest absolute Gasteiger partial charge is 0.497 e. The molecule has 0 N–H and O–H groups in total. The molecule has 0 bridgehead atoms. The van der Waals surface area contributed by atoms with Crippen molar-refractivity contribution < 1.29 is 9.53 Å². The monoisotopic (exact) mass is 418 g/mol. The zero-order chi connectivity index (χ0) is 22.4. The van der Waals surface area contributed by atoms with E-state index in [1.807, 2.05) is 50.2 Å².